The van der Waals surface area contributed by atoms with Crippen molar-refractivity contribution < 1.29 is 21.6 Å². The number of fused-ring (bicyclic) bond motifs is 1. The number of rotatable bonds is 7. The maximum atomic E-state index is 14.6. The third kappa shape index (κ3) is 6.32. The molecule has 6 aromatic rings. The van der Waals surface area contributed by atoms with Gasteiger partial charge in [0.2, 0.25) is 15.8 Å². The first-order valence-electron chi connectivity index (χ1n) is 15.5. The Morgan fingerprint density at radius 3 is 2.18 bits per heavy atom. The van der Waals surface area contributed by atoms with Crippen LogP contribution in [0.5, 0.6) is 0 Å². The van der Waals surface area contributed by atoms with E-state index in [4.69, 9.17) is 0 Å². The average Bonchev–Trinajstić information content (AvgIpc) is 3.54. The number of aromatic nitrogens is 3. The van der Waals surface area contributed by atoms with Crippen LogP contribution in [0.2, 0.25) is 0 Å². The number of alkyl halides is 3. The van der Waals surface area contributed by atoms with Crippen LogP contribution in [0.3, 0.4) is 0 Å². The van der Waals surface area contributed by atoms with Gasteiger partial charge in [0.1, 0.15) is 0 Å². The molecule has 3 heterocycles. The van der Waals surface area contributed by atoms with Gasteiger partial charge in [0.05, 0.1) is 21.0 Å². The van der Waals surface area contributed by atoms with Gasteiger partial charge in [-0.05, 0) is 91.7 Å². The summed E-state index contributed by atoms with van der Waals surface area (Å²) < 4.78 is 71.6. The number of pyridine rings is 1. The molecule has 1 atom stereocenters. The quantitative estimate of drug-likeness (QED) is 0.187. The monoisotopic (exact) mass is 681 g/mol. The van der Waals surface area contributed by atoms with Gasteiger partial charge in [0.25, 0.3) is 5.56 Å². The minimum Gasteiger partial charge on any atom is -0.324 e. The molecule has 0 amide bonds. The summed E-state index contributed by atoms with van der Waals surface area (Å²) >= 11 is 0. The Bertz CT molecular complexity index is 2330. The number of nitrogens with one attached hydrogen (secondary N) is 1. The van der Waals surface area contributed by atoms with E-state index in [0.717, 1.165) is 37.3 Å². The van der Waals surface area contributed by atoms with Gasteiger partial charge < -0.3 is 10.2 Å². The zero-order valence-corrected chi connectivity index (χ0v) is 27.0. The molecule has 12 heteroatoms. The minimum absolute atomic E-state index is 0.146. The van der Waals surface area contributed by atoms with Crippen LogP contribution in [-0.2, 0) is 16.0 Å². The molecule has 0 bridgehead atoms. The number of halogens is 3. The molecule has 0 radical (unpaired) electrons. The number of para-hydroxylation sites is 1. The zero-order valence-electron chi connectivity index (χ0n) is 26.2. The van der Waals surface area contributed by atoms with Gasteiger partial charge in [-0.2, -0.15) is 18.2 Å². The van der Waals surface area contributed by atoms with Crippen molar-refractivity contribution in [1.82, 2.24) is 19.4 Å². The van der Waals surface area contributed by atoms with Crippen LogP contribution in [0, 0.1) is 0 Å². The van der Waals surface area contributed by atoms with Crippen LogP contribution in [0.1, 0.15) is 23.5 Å². The van der Waals surface area contributed by atoms with Crippen molar-refractivity contribution in [3.63, 3.8) is 0 Å². The summed E-state index contributed by atoms with van der Waals surface area (Å²) in [4.78, 5) is 24.9. The van der Waals surface area contributed by atoms with Gasteiger partial charge in [-0.25, -0.2) is 13.4 Å². The van der Waals surface area contributed by atoms with Crippen molar-refractivity contribution >= 4 is 32.5 Å². The predicted octanol–water partition coefficient (Wildman–Crippen LogP) is 7.46. The van der Waals surface area contributed by atoms with Crippen molar-refractivity contribution in [2.24, 2.45) is 0 Å². The number of likely N-dealkylation sites (tertiary alicyclic amines) is 1. The van der Waals surface area contributed by atoms with Gasteiger partial charge >= 0.3 is 6.18 Å². The molecule has 1 unspecified atom stereocenters. The molecular formula is C37H30F3N5O3S. The summed E-state index contributed by atoms with van der Waals surface area (Å²) in [5.74, 6) is 0.664. The van der Waals surface area contributed by atoms with E-state index in [2.05, 4.69) is 39.4 Å². The fourth-order valence-electron chi connectivity index (χ4n) is 6.24. The third-order valence-electron chi connectivity index (χ3n) is 8.74. The largest absolute Gasteiger partial charge is 0.417 e. The molecule has 4 aromatic carbocycles. The molecule has 8 nitrogen and oxygen atoms in total. The molecule has 0 spiro atoms. The van der Waals surface area contributed by atoms with Crippen molar-refractivity contribution in [2.75, 3.05) is 25.5 Å². The van der Waals surface area contributed by atoms with E-state index in [1.54, 1.807) is 36.4 Å². The van der Waals surface area contributed by atoms with Crippen molar-refractivity contribution in [1.29, 1.82) is 0 Å². The second-order valence-electron chi connectivity index (χ2n) is 12.0. The van der Waals surface area contributed by atoms with E-state index >= 15 is 0 Å². The van der Waals surface area contributed by atoms with Crippen LogP contribution < -0.4 is 10.9 Å². The SMILES string of the molecule is CN1CCC(c2ccc(Nc3ncc4cc(-c5ccc(S(=O)(=O)c6ccccc6)cc5C(F)(F)F)c(=O)n(-c5ccccc5)c4n3)cc2)C1. The summed E-state index contributed by atoms with van der Waals surface area (Å²) in [7, 11) is -2.16. The number of anilines is 2. The molecule has 1 fully saturated rings. The van der Waals surface area contributed by atoms with E-state index in [1.165, 1.54) is 46.7 Å². The summed E-state index contributed by atoms with van der Waals surface area (Å²) in [5, 5.41) is 3.48. The van der Waals surface area contributed by atoms with Crippen molar-refractivity contribution in [3.05, 3.63) is 137 Å². The molecule has 1 aliphatic rings. The van der Waals surface area contributed by atoms with Gasteiger partial charge in [-0.15, -0.1) is 0 Å². The van der Waals surface area contributed by atoms with E-state index in [9.17, 15) is 26.4 Å². The van der Waals surface area contributed by atoms with Crippen LogP contribution in [0.25, 0.3) is 27.8 Å². The lowest BCUT2D eigenvalue weighted by Gasteiger charge is -2.17. The topological polar surface area (TPSA) is 97.2 Å². The van der Waals surface area contributed by atoms with E-state index in [1.807, 2.05) is 12.1 Å². The highest BCUT2D eigenvalue weighted by atomic mass is 32.2. The van der Waals surface area contributed by atoms with Gasteiger partial charge in [0.15, 0.2) is 5.65 Å². The lowest BCUT2D eigenvalue weighted by atomic mass is 9.98. The zero-order chi connectivity index (χ0) is 34.3. The lowest BCUT2D eigenvalue weighted by Crippen LogP contribution is -2.23. The Labute approximate surface area is 280 Å². The Morgan fingerprint density at radius 2 is 1.53 bits per heavy atom. The number of nitrogens with zero attached hydrogens (tertiary/aromatic N) is 4. The van der Waals surface area contributed by atoms with E-state index in [0.29, 0.717) is 23.1 Å². The van der Waals surface area contributed by atoms with Crippen LogP contribution >= 0.6 is 0 Å². The Balaban J connectivity index is 1.33. The fraction of sp³-hybridized carbons (Fsp3) is 0.162. The molecule has 2 aromatic heterocycles. The van der Waals surface area contributed by atoms with Crippen LogP contribution in [-0.4, -0.2) is 48.0 Å². The number of sulfone groups is 1. The summed E-state index contributed by atoms with van der Waals surface area (Å²) in [6.07, 6.45) is -2.45. The molecule has 248 valence electrons. The lowest BCUT2D eigenvalue weighted by molar-refractivity contribution is -0.137. The molecule has 49 heavy (non-hydrogen) atoms. The molecule has 7 rings (SSSR count). The Morgan fingerprint density at radius 1 is 0.837 bits per heavy atom. The Kier molecular flexibility index (Phi) is 8.29. The maximum Gasteiger partial charge on any atom is 0.417 e. The highest BCUT2D eigenvalue weighted by Crippen LogP contribution is 2.39. The molecular weight excluding hydrogens is 651 g/mol. The smallest absolute Gasteiger partial charge is 0.324 e. The first-order chi connectivity index (χ1) is 23.5. The molecule has 1 saturated heterocycles. The van der Waals surface area contributed by atoms with Gasteiger partial charge in [-0.3, -0.25) is 9.36 Å². The maximum absolute atomic E-state index is 14.6. The number of hydrogen-bond donors (Lipinski definition) is 1. The predicted molar refractivity (Wildman–Crippen MR) is 182 cm³/mol. The average molecular weight is 682 g/mol. The fourth-order valence-corrected chi connectivity index (χ4v) is 7.54. The van der Waals surface area contributed by atoms with E-state index in [-0.39, 0.29) is 22.1 Å². The normalized spacial score (nSPS) is 15.5. The molecule has 0 aliphatic carbocycles. The number of likely N-dealkylation sites (N-methyl/N-ethyl adjacent to an activating group) is 1. The molecule has 1 N–H and O–H groups in total. The highest BCUT2D eigenvalue weighted by molar-refractivity contribution is 7.91. The summed E-state index contributed by atoms with van der Waals surface area (Å²) in [6, 6.07) is 27.7. The molecule has 0 saturated carbocycles. The third-order valence-corrected chi connectivity index (χ3v) is 10.5. The van der Waals surface area contributed by atoms with Gasteiger partial charge in [-0.1, -0.05) is 54.6 Å². The van der Waals surface area contributed by atoms with Gasteiger partial charge in [0, 0.05) is 29.4 Å². The van der Waals surface area contributed by atoms with Crippen molar-refractivity contribution in [3.8, 4) is 16.8 Å². The standard InChI is InChI=1S/C37H30F3N5O3S/c1-44-19-18-25(23-44)24-12-14-27(15-13-24)42-36-41-22-26-20-32(35(46)45(34(26)43-36)28-8-4-2-5-9-28)31-17-16-30(21-33(31)37(38,39)40)49(47,48)29-10-6-3-7-11-29/h2-17,20-22,25H,18-19,23H2,1H3,(H,41,42,43). The summed E-state index contributed by atoms with van der Waals surface area (Å²) in [5.41, 5.74) is -0.238. The summed E-state index contributed by atoms with van der Waals surface area (Å²) in [6.45, 7) is 2.06. The van der Waals surface area contributed by atoms with Crippen LogP contribution in [0.4, 0.5) is 24.8 Å². The number of hydrogen-bond acceptors (Lipinski definition) is 7. The molecule has 1 aliphatic heterocycles. The number of benzene rings is 4. The minimum atomic E-state index is -4.98. The van der Waals surface area contributed by atoms with Crippen LogP contribution in [0.15, 0.2) is 130 Å². The Hall–Kier alpha value is -5.33. The van der Waals surface area contributed by atoms with Crippen molar-refractivity contribution in [2.45, 2.75) is 28.3 Å². The second-order valence-corrected chi connectivity index (χ2v) is 14.0. The first-order valence-corrected chi connectivity index (χ1v) is 17.0. The second kappa shape index (κ2) is 12.6. The highest BCUT2D eigenvalue weighted by Gasteiger charge is 2.36. The van der Waals surface area contributed by atoms with E-state index < -0.39 is 37.6 Å². The first kappa shape index (κ1) is 32.2.